The number of carboxylic acids is 1. The van der Waals surface area contributed by atoms with E-state index in [2.05, 4.69) is 20.9 Å². The van der Waals surface area contributed by atoms with Crippen LogP contribution in [0.1, 0.15) is 31.2 Å². The second-order valence-electron chi connectivity index (χ2n) is 8.30. The zero-order valence-corrected chi connectivity index (χ0v) is 19.8. The highest BCUT2D eigenvalue weighted by atomic mass is 16.4. The Balaban J connectivity index is 2.30. The van der Waals surface area contributed by atoms with Gasteiger partial charge < -0.3 is 43.2 Å². The van der Waals surface area contributed by atoms with Crippen molar-refractivity contribution in [2.24, 2.45) is 17.2 Å². The molecule has 0 saturated heterocycles. The molecule has 0 aliphatic carbocycles. The van der Waals surface area contributed by atoms with Gasteiger partial charge in [0, 0.05) is 23.5 Å². The zero-order chi connectivity index (χ0) is 26.7. The van der Waals surface area contributed by atoms with Gasteiger partial charge in [0.25, 0.3) is 0 Å². The normalized spacial score (nSPS) is 13.4. The summed E-state index contributed by atoms with van der Waals surface area (Å²) in [7, 11) is 0. The minimum atomic E-state index is -1.57. The smallest absolute Gasteiger partial charge is 0.326 e. The molecule has 4 amide bonds. The van der Waals surface area contributed by atoms with Crippen LogP contribution in [0.4, 0.5) is 0 Å². The van der Waals surface area contributed by atoms with Gasteiger partial charge in [-0.1, -0.05) is 18.2 Å². The number of hydrogen-bond donors (Lipinski definition) is 8. The molecule has 1 heterocycles. The van der Waals surface area contributed by atoms with Crippen LogP contribution in [0.3, 0.4) is 0 Å². The van der Waals surface area contributed by atoms with E-state index in [1.54, 1.807) is 6.20 Å². The third kappa shape index (κ3) is 8.36. The number of H-pyrrole nitrogens is 1. The van der Waals surface area contributed by atoms with Gasteiger partial charge in [0.05, 0.1) is 13.0 Å². The van der Waals surface area contributed by atoms with Crippen molar-refractivity contribution in [2.75, 3.05) is 13.1 Å². The summed E-state index contributed by atoms with van der Waals surface area (Å²) in [4.78, 5) is 64.0. The molecule has 0 aliphatic rings. The number of aliphatic carboxylic acids is 1. The first-order chi connectivity index (χ1) is 17.2. The van der Waals surface area contributed by atoms with Crippen LogP contribution in [0.5, 0.6) is 0 Å². The second kappa shape index (κ2) is 13.8. The number of carbonyl (C=O) groups is 5. The number of hydrogen-bond acceptors (Lipinski definition) is 7. The lowest BCUT2D eigenvalue weighted by Gasteiger charge is -2.24. The number of para-hydroxylation sites is 1. The molecule has 196 valence electrons. The lowest BCUT2D eigenvalue weighted by molar-refractivity contribution is -0.143. The Bertz CT molecular complexity index is 1090. The summed E-state index contributed by atoms with van der Waals surface area (Å²) in [5.41, 5.74) is 17.5. The van der Waals surface area contributed by atoms with Gasteiger partial charge >= 0.3 is 5.97 Å². The first kappa shape index (κ1) is 28.3. The molecule has 2 aromatic rings. The summed E-state index contributed by atoms with van der Waals surface area (Å²) >= 11 is 0. The van der Waals surface area contributed by atoms with E-state index in [9.17, 15) is 29.1 Å². The Kier molecular flexibility index (Phi) is 10.8. The lowest BCUT2D eigenvalue weighted by atomic mass is 10.0. The van der Waals surface area contributed by atoms with Crippen molar-refractivity contribution in [3.8, 4) is 0 Å². The highest BCUT2D eigenvalue weighted by Crippen LogP contribution is 2.19. The Morgan fingerprint density at radius 3 is 2.22 bits per heavy atom. The Hall–Kier alpha value is -3.97. The maximum Gasteiger partial charge on any atom is 0.326 e. The molecule has 0 fully saturated rings. The Morgan fingerprint density at radius 1 is 0.917 bits per heavy atom. The van der Waals surface area contributed by atoms with Crippen LogP contribution in [-0.2, 0) is 30.4 Å². The van der Waals surface area contributed by atoms with Gasteiger partial charge in [-0.05, 0) is 37.4 Å². The zero-order valence-electron chi connectivity index (χ0n) is 19.8. The van der Waals surface area contributed by atoms with Gasteiger partial charge in [0.2, 0.25) is 23.6 Å². The summed E-state index contributed by atoms with van der Waals surface area (Å²) in [6, 6.07) is 3.55. The number of amides is 4. The number of fused-ring (bicyclic) bond motifs is 1. The molecule has 0 saturated carbocycles. The number of carboxylic acid groups (broad SMARTS) is 1. The van der Waals surface area contributed by atoms with E-state index >= 15 is 0 Å². The average Bonchev–Trinajstić information content (AvgIpc) is 3.24. The summed E-state index contributed by atoms with van der Waals surface area (Å²) in [5, 5.41) is 17.6. The van der Waals surface area contributed by atoms with Crippen LogP contribution in [-0.4, -0.2) is 70.9 Å². The van der Waals surface area contributed by atoms with Gasteiger partial charge in [-0.15, -0.1) is 0 Å². The molecule has 13 nitrogen and oxygen atoms in total. The fraction of sp³-hybridized carbons (Fsp3) is 0.435. The third-order valence-electron chi connectivity index (χ3n) is 5.54. The monoisotopic (exact) mass is 503 g/mol. The lowest BCUT2D eigenvalue weighted by Crippen LogP contribution is -2.57. The molecule has 2 rings (SSSR count). The van der Waals surface area contributed by atoms with E-state index in [0.29, 0.717) is 24.9 Å². The van der Waals surface area contributed by atoms with E-state index in [1.807, 2.05) is 24.3 Å². The van der Waals surface area contributed by atoms with Crippen molar-refractivity contribution in [3.05, 3.63) is 36.0 Å². The van der Waals surface area contributed by atoms with Gasteiger partial charge in [0.1, 0.15) is 18.1 Å². The van der Waals surface area contributed by atoms with Crippen molar-refractivity contribution in [2.45, 2.75) is 50.2 Å². The fourth-order valence-corrected chi connectivity index (χ4v) is 3.69. The number of primary amides is 1. The topological polar surface area (TPSA) is 236 Å². The SMILES string of the molecule is NCCCCC(NC(=O)CN)C(=O)NC(Cc1c[nH]c2ccccc12)C(=O)NC(CC(N)=O)C(=O)O. The van der Waals surface area contributed by atoms with Gasteiger partial charge in [0.15, 0.2) is 0 Å². The Labute approximate surface area is 207 Å². The van der Waals surface area contributed by atoms with E-state index in [-0.39, 0.29) is 19.4 Å². The number of nitrogens with one attached hydrogen (secondary N) is 4. The second-order valence-corrected chi connectivity index (χ2v) is 8.30. The average molecular weight is 504 g/mol. The summed E-state index contributed by atoms with van der Waals surface area (Å²) in [6.45, 7) is 0.0779. The van der Waals surface area contributed by atoms with E-state index < -0.39 is 54.1 Å². The molecular weight excluding hydrogens is 470 g/mol. The molecule has 3 unspecified atom stereocenters. The predicted molar refractivity (Wildman–Crippen MR) is 131 cm³/mol. The molecule has 0 radical (unpaired) electrons. The van der Waals surface area contributed by atoms with Crippen molar-refractivity contribution in [1.82, 2.24) is 20.9 Å². The molecule has 1 aromatic carbocycles. The quantitative estimate of drug-likeness (QED) is 0.129. The van der Waals surface area contributed by atoms with Crippen LogP contribution in [0.15, 0.2) is 30.5 Å². The highest BCUT2D eigenvalue weighted by Gasteiger charge is 2.30. The van der Waals surface area contributed by atoms with Crippen LogP contribution >= 0.6 is 0 Å². The number of aromatic nitrogens is 1. The van der Waals surface area contributed by atoms with E-state index in [4.69, 9.17) is 17.2 Å². The number of aromatic amines is 1. The van der Waals surface area contributed by atoms with Crippen LogP contribution < -0.4 is 33.2 Å². The number of unbranched alkanes of at least 4 members (excludes halogenated alkanes) is 1. The van der Waals surface area contributed by atoms with Crippen molar-refractivity contribution >= 4 is 40.5 Å². The maximum absolute atomic E-state index is 13.1. The fourth-order valence-electron chi connectivity index (χ4n) is 3.69. The molecule has 11 N–H and O–H groups in total. The minimum absolute atomic E-state index is 0.00481. The molecule has 13 heteroatoms. The molecule has 0 bridgehead atoms. The van der Waals surface area contributed by atoms with Crippen molar-refractivity contribution in [3.63, 3.8) is 0 Å². The minimum Gasteiger partial charge on any atom is -0.480 e. The maximum atomic E-state index is 13.1. The van der Waals surface area contributed by atoms with E-state index in [1.165, 1.54) is 0 Å². The molecule has 3 atom stereocenters. The number of nitrogens with two attached hydrogens (primary N) is 3. The first-order valence-electron chi connectivity index (χ1n) is 11.5. The predicted octanol–water partition coefficient (Wildman–Crippen LogP) is -1.79. The van der Waals surface area contributed by atoms with Gasteiger partial charge in [-0.25, -0.2) is 4.79 Å². The van der Waals surface area contributed by atoms with Crippen LogP contribution in [0.2, 0.25) is 0 Å². The number of rotatable bonds is 15. The summed E-state index contributed by atoms with van der Waals surface area (Å²) in [5.74, 6) is -4.38. The summed E-state index contributed by atoms with van der Waals surface area (Å²) in [6.07, 6.45) is 2.49. The molecule has 1 aromatic heterocycles. The van der Waals surface area contributed by atoms with Crippen molar-refractivity contribution in [1.29, 1.82) is 0 Å². The van der Waals surface area contributed by atoms with Gasteiger partial charge in [-0.3, -0.25) is 19.2 Å². The molecule has 0 spiro atoms. The Morgan fingerprint density at radius 2 is 1.58 bits per heavy atom. The van der Waals surface area contributed by atoms with Crippen LogP contribution in [0, 0.1) is 0 Å². The third-order valence-corrected chi connectivity index (χ3v) is 5.54. The van der Waals surface area contributed by atoms with Crippen LogP contribution in [0.25, 0.3) is 10.9 Å². The van der Waals surface area contributed by atoms with Gasteiger partial charge in [-0.2, -0.15) is 0 Å². The standard InChI is InChI=1S/C23H33N7O6/c24-8-4-3-7-16(28-20(32)11-25)21(33)29-17(22(34)30-18(23(35)36)10-19(26)31)9-13-12-27-15-6-2-1-5-14(13)15/h1-2,5-6,12,16-18,27H,3-4,7-11,24-25H2,(H2,26,31)(H,28,32)(H,29,33)(H,30,34)(H,35,36). The largest absolute Gasteiger partial charge is 0.480 e. The number of benzene rings is 1. The number of carbonyl (C=O) groups excluding carboxylic acids is 4. The molecular formula is C23H33N7O6. The summed E-state index contributed by atoms with van der Waals surface area (Å²) < 4.78 is 0. The highest BCUT2D eigenvalue weighted by molar-refractivity contribution is 5.95. The first-order valence-corrected chi connectivity index (χ1v) is 11.5. The molecule has 36 heavy (non-hydrogen) atoms. The van der Waals surface area contributed by atoms with E-state index in [0.717, 1.165) is 10.9 Å². The van der Waals surface area contributed by atoms with Crippen molar-refractivity contribution < 1.29 is 29.1 Å². The molecule has 0 aliphatic heterocycles.